The molecule has 2 aromatic rings. The summed E-state index contributed by atoms with van der Waals surface area (Å²) in [6, 6.07) is 16.9. The molecule has 3 N–H and O–H groups in total. The van der Waals surface area contributed by atoms with Crippen molar-refractivity contribution in [2.45, 2.75) is 84.7 Å². The smallest absolute Gasteiger partial charge is 0.242 e. The van der Waals surface area contributed by atoms with Crippen molar-refractivity contribution < 1.29 is 14.4 Å². The number of unbranched alkanes of at least 4 members (excludes halogenated alkanes) is 3. The van der Waals surface area contributed by atoms with E-state index in [1.165, 1.54) is 24.0 Å². The third-order valence-corrected chi connectivity index (χ3v) is 7.02. The highest BCUT2D eigenvalue weighted by atomic mass is 16.2. The molecule has 212 valence electrons. The highest BCUT2D eigenvalue weighted by molar-refractivity contribution is 5.96. The van der Waals surface area contributed by atoms with E-state index in [1.54, 1.807) is 6.92 Å². The highest BCUT2D eigenvalue weighted by Crippen LogP contribution is 2.28. The van der Waals surface area contributed by atoms with Crippen LogP contribution in [0.1, 0.15) is 82.8 Å². The maximum Gasteiger partial charge on any atom is 0.242 e. The van der Waals surface area contributed by atoms with Crippen molar-refractivity contribution in [1.29, 1.82) is 0 Å². The largest absolute Gasteiger partial charge is 0.313 e. The van der Waals surface area contributed by atoms with Crippen molar-refractivity contribution in [3.05, 3.63) is 59.7 Å². The summed E-state index contributed by atoms with van der Waals surface area (Å²) >= 11 is 0. The zero-order valence-electron chi connectivity index (χ0n) is 23.8. The van der Waals surface area contributed by atoms with Gasteiger partial charge in [-0.3, -0.25) is 20.3 Å². The Hall–Kier alpha value is -2.87. The van der Waals surface area contributed by atoms with Crippen LogP contribution in [0, 0.1) is 5.92 Å². The molecule has 2 amide bonds. The lowest BCUT2D eigenvalue weighted by atomic mass is 9.98. The number of amides is 2. The standard InChI is InChI=1S/C32H46N4O3/c1-3-4-5-13-31(38)35-32(39)24-36(34-21-26-14-15-26)23-27-16-18-28(19-17-27)30-12-7-6-11-29(30)22-33-20-9-8-10-25(2)37/h6-7,11-12,16-19,26,33-34H,3-5,8-10,13-15,20-24H2,1-2H3,(H,35,38,39). The Labute approximate surface area is 234 Å². The van der Waals surface area contributed by atoms with Gasteiger partial charge in [0, 0.05) is 32.5 Å². The molecule has 1 aliphatic rings. The van der Waals surface area contributed by atoms with Gasteiger partial charge in [-0.2, -0.15) is 0 Å². The van der Waals surface area contributed by atoms with Crippen molar-refractivity contribution >= 4 is 17.6 Å². The summed E-state index contributed by atoms with van der Waals surface area (Å²) in [6.07, 6.45) is 8.27. The molecule has 39 heavy (non-hydrogen) atoms. The van der Waals surface area contributed by atoms with Gasteiger partial charge in [0.15, 0.2) is 0 Å². The molecule has 0 spiro atoms. The predicted octanol–water partition coefficient (Wildman–Crippen LogP) is 5.14. The lowest BCUT2D eigenvalue weighted by molar-refractivity contribution is -0.131. The van der Waals surface area contributed by atoms with E-state index in [1.807, 2.05) is 5.01 Å². The lowest BCUT2D eigenvalue weighted by Crippen LogP contribution is -2.46. The molecular formula is C32H46N4O3. The van der Waals surface area contributed by atoms with Gasteiger partial charge in [-0.25, -0.2) is 5.01 Å². The molecule has 7 nitrogen and oxygen atoms in total. The molecule has 0 bridgehead atoms. The summed E-state index contributed by atoms with van der Waals surface area (Å²) in [4.78, 5) is 35.8. The number of imide groups is 1. The number of carbonyl (C=O) groups excluding carboxylic acids is 3. The normalized spacial score (nSPS) is 13.0. The summed E-state index contributed by atoms with van der Waals surface area (Å²) < 4.78 is 0. The van der Waals surface area contributed by atoms with Gasteiger partial charge in [0.25, 0.3) is 0 Å². The Bertz CT molecular complexity index is 1050. The molecular weight excluding hydrogens is 488 g/mol. The number of Topliss-reactive ketones (excluding diaryl/α,β-unsaturated/α-hetero) is 1. The first-order valence-electron chi connectivity index (χ1n) is 14.6. The number of ketones is 1. The monoisotopic (exact) mass is 534 g/mol. The molecule has 7 heteroatoms. The molecule has 0 aromatic heterocycles. The first kappa shape index (κ1) is 30.7. The van der Waals surface area contributed by atoms with Gasteiger partial charge in [0.05, 0.1) is 6.54 Å². The van der Waals surface area contributed by atoms with E-state index in [4.69, 9.17) is 0 Å². The third-order valence-electron chi connectivity index (χ3n) is 7.02. The van der Waals surface area contributed by atoms with Crippen LogP contribution in [0.3, 0.4) is 0 Å². The Balaban J connectivity index is 1.55. The fourth-order valence-electron chi connectivity index (χ4n) is 4.53. The SMILES string of the molecule is CCCCCC(=O)NC(=O)CN(Cc1ccc(-c2ccccc2CNCCCCC(C)=O)cc1)NCC1CC1. The Kier molecular flexibility index (Phi) is 13.3. The van der Waals surface area contributed by atoms with E-state index in [2.05, 4.69) is 71.5 Å². The predicted molar refractivity (Wildman–Crippen MR) is 157 cm³/mol. The number of rotatable bonds is 19. The molecule has 1 aliphatic carbocycles. The van der Waals surface area contributed by atoms with Gasteiger partial charge in [0.2, 0.25) is 11.8 Å². The van der Waals surface area contributed by atoms with Crippen LogP contribution in [0.4, 0.5) is 0 Å². The quantitative estimate of drug-likeness (QED) is 0.171. The Morgan fingerprint density at radius 3 is 2.36 bits per heavy atom. The summed E-state index contributed by atoms with van der Waals surface area (Å²) in [7, 11) is 0. The van der Waals surface area contributed by atoms with Crippen LogP contribution >= 0.6 is 0 Å². The van der Waals surface area contributed by atoms with Gasteiger partial charge < -0.3 is 10.1 Å². The van der Waals surface area contributed by atoms with E-state index in [0.29, 0.717) is 25.3 Å². The van der Waals surface area contributed by atoms with Gasteiger partial charge in [-0.15, -0.1) is 0 Å². The molecule has 3 rings (SSSR count). The van der Waals surface area contributed by atoms with Gasteiger partial charge in [-0.1, -0.05) is 68.3 Å². The van der Waals surface area contributed by atoms with Crippen molar-refractivity contribution in [3.63, 3.8) is 0 Å². The number of hydrazine groups is 1. The average molecular weight is 535 g/mol. The number of hydrogen-bond acceptors (Lipinski definition) is 6. The van der Waals surface area contributed by atoms with Crippen LogP contribution in [0.25, 0.3) is 11.1 Å². The number of nitrogens with one attached hydrogen (secondary N) is 3. The molecule has 0 saturated heterocycles. The summed E-state index contributed by atoms with van der Waals surface area (Å²) in [5.41, 5.74) is 8.12. The van der Waals surface area contributed by atoms with Crippen LogP contribution in [0.15, 0.2) is 48.5 Å². The third kappa shape index (κ3) is 12.2. The van der Waals surface area contributed by atoms with E-state index in [9.17, 15) is 14.4 Å². The van der Waals surface area contributed by atoms with Gasteiger partial charge in [0.1, 0.15) is 5.78 Å². The number of nitrogens with zero attached hydrogens (tertiary/aromatic N) is 1. The van der Waals surface area contributed by atoms with Crippen LogP contribution < -0.4 is 16.1 Å². The first-order chi connectivity index (χ1) is 18.9. The topological polar surface area (TPSA) is 90.5 Å². The molecule has 0 aliphatic heterocycles. The second-order valence-electron chi connectivity index (χ2n) is 10.8. The Morgan fingerprint density at radius 1 is 0.897 bits per heavy atom. The molecule has 0 atom stereocenters. The number of hydrogen-bond donors (Lipinski definition) is 3. The average Bonchev–Trinajstić information content (AvgIpc) is 3.75. The van der Waals surface area contributed by atoms with Crippen LogP contribution in [-0.2, 0) is 27.5 Å². The lowest BCUT2D eigenvalue weighted by Gasteiger charge is -2.23. The molecule has 0 radical (unpaired) electrons. The van der Waals surface area contributed by atoms with Crippen molar-refractivity contribution in [2.24, 2.45) is 5.92 Å². The number of carbonyl (C=O) groups is 3. The van der Waals surface area contributed by atoms with Crippen LogP contribution in [0.5, 0.6) is 0 Å². The minimum atomic E-state index is -0.265. The van der Waals surface area contributed by atoms with Crippen molar-refractivity contribution in [1.82, 2.24) is 21.1 Å². The molecule has 1 saturated carbocycles. The van der Waals surface area contributed by atoms with E-state index in [0.717, 1.165) is 62.9 Å². The van der Waals surface area contributed by atoms with E-state index in [-0.39, 0.29) is 24.1 Å². The zero-order chi connectivity index (χ0) is 27.9. The highest BCUT2D eigenvalue weighted by Gasteiger charge is 2.23. The van der Waals surface area contributed by atoms with Gasteiger partial charge in [-0.05, 0) is 73.7 Å². The fraction of sp³-hybridized carbons (Fsp3) is 0.531. The molecule has 0 heterocycles. The summed E-state index contributed by atoms with van der Waals surface area (Å²) in [5.74, 6) is 0.470. The van der Waals surface area contributed by atoms with Crippen LogP contribution in [0.2, 0.25) is 0 Å². The summed E-state index contributed by atoms with van der Waals surface area (Å²) in [5, 5.41) is 7.98. The van der Waals surface area contributed by atoms with Crippen molar-refractivity contribution in [3.8, 4) is 11.1 Å². The van der Waals surface area contributed by atoms with Gasteiger partial charge >= 0.3 is 0 Å². The minimum absolute atomic E-state index is 0.134. The molecule has 1 fully saturated rings. The number of benzene rings is 2. The van der Waals surface area contributed by atoms with E-state index < -0.39 is 0 Å². The van der Waals surface area contributed by atoms with E-state index >= 15 is 0 Å². The fourth-order valence-corrected chi connectivity index (χ4v) is 4.53. The minimum Gasteiger partial charge on any atom is -0.313 e. The van der Waals surface area contributed by atoms with Crippen molar-refractivity contribution in [2.75, 3.05) is 19.6 Å². The molecule has 2 aromatic carbocycles. The van der Waals surface area contributed by atoms with Crippen LogP contribution in [-0.4, -0.2) is 42.2 Å². The Morgan fingerprint density at radius 2 is 1.64 bits per heavy atom. The maximum atomic E-state index is 12.6. The molecule has 0 unspecified atom stereocenters. The second-order valence-corrected chi connectivity index (χ2v) is 10.8. The zero-order valence-corrected chi connectivity index (χ0v) is 23.8. The second kappa shape index (κ2) is 17.0. The summed E-state index contributed by atoms with van der Waals surface area (Å²) in [6.45, 7) is 6.97. The first-order valence-corrected chi connectivity index (χ1v) is 14.6. The maximum absolute atomic E-state index is 12.6.